The van der Waals surface area contributed by atoms with Crippen LogP contribution < -0.4 is 5.30 Å². The first-order chi connectivity index (χ1) is 16.3. The Morgan fingerprint density at radius 3 is 2.21 bits per heavy atom. The molecule has 2 saturated heterocycles. The van der Waals surface area contributed by atoms with Crippen LogP contribution in [0.5, 0.6) is 0 Å². The minimum atomic E-state index is -2.15. The molecule has 2 atom stereocenters. The number of ether oxygens (including phenoxy) is 2. The fraction of sp³-hybridized carbons (Fsp3) is 0.462. The SMILES string of the molecule is Brc1ccc(N=[P@](c2ccccc2)([C@@H]2CCCC=C2N2CCOCC2)N2CCOCC2)cc1. The number of halogens is 1. The normalized spacial score (nSPS) is 24.1. The molecule has 1 aliphatic carbocycles. The molecule has 0 amide bonds. The molecule has 0 radical (unpaired) electrons. The first-order valence-electron chi connectivity index (χ1n) is 12.1. The summed E-state index contributed by atoms with van der Waals surface area (Å²) in [7, 11) is -2.15. The molecule has 0 N–H and O–H groups in total. The number of hydrogen-bond donors (Lipinski definition) is 0. The summed E-state index contributed by atoms with van der Waals surface area (Å²) in [4.78, 5) is 2.59. The van der Waals surface area contributed by atoms with E-state index in [0.717, 1.165) is 69.2 Å². The predicted molar refractivity (Wildman–Crippen MR) is 140 cm³/mol. The van der Waals surface area contributed by atoms with Crippen molar-refractivity contribution in [2.24, 2.45) is 4.74 Å². The van der Waals surface area contributed by atoms with E-state index in [-0.39, 0.29) is 0 Å². The van der Waals surface area contributed by atoms with Crippen LogP contribution in [0.3, 0.4) is 0 Å². The van der Waals surface area contributed by atoms with E-state index in [4.69, 9.17) is 14.2 Å². The van der Waals surface area contributed by atoms with Crippen molar-refractivity contribution in [1.82, 2.24) is 9.57 Å². The molecule has 7 heteroatoms. The molecule has 2 fully saturated rings. The van der Waals surface area contributed by atoms with E-state index in [9.17, 15) is 0 Å². The predicted octanol–water partition coefficient (Wildman–Crippen LogP) is 5.62. The van der Waals surface area contributed by atoms with Gasteiger partial charge in [0, 0.05) is 41.7 Å². The number of allylic oxidation sites excluding steroid dienone is 2. The van der Waals surface area contributed by atoms with Gasteiger partial charge in [-0.1, -0.05) is 52.3 Å². The summed E-state index contributed by atoms with van der Waals surface area (Å²) in [6, 6.07) is 19.7. The van der Waals surface area contributed by atoms with Gasteiger partial charge in [-0.3, -0.25) is 4.67 Å². The lowest BCUT2D eigenvalue weighted by atomic mass is 10.0. The number of morpholine rings is 2. The third-order valence-electron chi connectivity index (χ3n) is 6.84. The summed E-state index contributed by atoms with van der Waals surface area (Å²) >= 11 is 3.60. The summed E-state index contributed by atoms with van der Waals surface area (Å²) in [6.07, 6.45) is 6.05. The Bertz CT molecular complexity index is 1000. The zero-order valence-corrected chi connectivity index (χ0v) is 21.6. The highest BCUT2D eigenvalue weighted by atomic mass is 79.9. The lowest BCUT2D eigenvalue weighted by Gasteiger charge is -2.48. The molecule has 5 rings (SSSR count). The van der Waals surface area contributed by atoms with Crippen molar-refractivity contribution in [3.8, 4) is 0 Å². The maximum atomic E-state index is 5.81. The second kappa shape index (κ2) is 10.9. The van der Waals surface area contributed by atoms with Gasteiger partial charge in [-0.25, -0.2) is 4.74 Å². The highest BCUT2D eigenvalue weighted by molar-refractivity contribution is 9.10. The highest BCUT2D eigenvalue weighted by Crippen LogP contribution is 2.63. The molecule has 176 valence electrons. The van der Waals surface area contributed by atoms with E-state index < -0.39 is 7.21 Å². The van der Waals surface area contributed by atoms with Crippen LogP contribution in [0.2, 0.25) is 0 Å². The van der Waals surface area contributed by atoms with Crippen molar-refractivity contribution < 1.29 is 9.47 Å². The van der Waals surface area contributed by atoms with Crippen LogP contribution in [0.1, 0.15) is 19.3 Å². The number of hydrogen-bond acceptors (Lipinski definition) is 4. The second-order valence-electron chi connectivity index (χ2n) is 8.80. The molecule has 2 aromatic carbocycles. The van der Waals surface area contributed by atoms with E-state index in [0.29, 0.717) is 5.66 Å². The van der Waals surface area contributed by atoms with Crippen LogP contribution in [0.4, 0.5) is 5.69 Å². The van der Waals surface area contributed by atoms with E-state index in [2.05, 4.69) is 86.2 Å². The van der Waals surface area contributed by atoms with E-state index in [1.54, 1.807) is 0 Å². The van der Waals surface area contributed by atoms with Crippen LogP contribution in [0.15, 0.2) is 75.6 Å². The second-order valence-corrected chi connectivity index (χ2v) is 12.9. The first kappa shape index (κ1) is 23.3. The molecule has 0 aromatic heterocycles. The van der Waals surface area contributed by atoms with Gasteiger partial charge in [-0.15, -0.1) is 0 Å². The topological polar surface area (TPSA) is 37.3 Å². The molecule has 3 aliphatic rings. The molecule has 33 heavy (non-hydrogen) atoms. The minimum absolute atomic E-state index is 0.383. The lowest BCUT2D eigenvalue weighted by molar-refractivity contribution is 0.0510. The minimum Gasteiger partial charge on any atom is -0.379 e. The van der Waals surface area contributed by atoms with Crippen molar-refractivity contribution in [1.29, 1.82) is 0 Å². The summed E-state index contributed by atoms with van der Waals surface area (Å²) in [6.45, 7) is 6.95. The molecule has 0 saturated carbocycles. The number of benzene rings is 2. The molecule has 2 aliphatic heterocycles. The maximum Gasteiger partial charge on any atom is 0.0756 e. The zero-order valence-electron chi connectivity index (χ0n) is 19.1. The van der Waals surface area contributed by atoms with Crippen LogP contribution in [-0.4, -0.2) is 67.8 Å². The fourth-order valence-electron chi connectivity index (χ4n) is 5.29. The molecule has 0 bridgehead atoms. The molecule has 2 aromatic rings. The third-order valence-corrected chi connectivity index (χ3v) is 11.6. The molecule has 0 unspecified atom stereocenters. The van der Waals surface area contributed by atoms with Crippen LogP contribution >= 0.6 is 23.1 Å². The molecule has 0 spiro atoms. The van der Waals surface area contributed by atoms with Crippen molar-refractivity contribution in [2.45, 2.75) is 24.9 Å². The quantitative estimate of drug-likeness (QED) is 0.471. The fourth-order valence-corrected chi connectivity index (χ4v) is 10.1. The number of rotatable bonds is 5. The lowest BCUT2D eigenvalue weighted by Crippen LogP contribution is -2.45. The van der Waals surface area contributed by atoms with Gasteiger partial charge in [0.25, 0.3) is 0 Å². The Kier molecular flexibility index (Phi) is 7.69. The largest absolute Gasteiger partial charge is 0.379 e. The Hall–Kier alpha value is -1.43. The zero-order chi connectivity index (χ0) is 22.5. The molecule has 5 nitrogen and oxygen atoms in total. The summed E-state index contributed by atoms with van der Waals surface area (Å²) in [5.74, 6) is 0. The van der Waals surface area contributed by atoms with Crippen molar-refractivity contribution in [3.63, 3.8) is 0 Å². The Morgan fingerprint density at radius 2 is 1.52 bits per heavy atom. The average molecular weight is 530 g/mol. The van der Waals surface area contributed by atoms with Crippen molar-refractivity contribution in [2.75, 3.05) is 52.6 Å². The van der Waals surface area contributed by atoms with Gasteiger partial charge in [-0.2, -0.15) is 0 Å². The van der Waals surface area contributed by atoms with Gasteiger partial charge < -0.3 is 14.4 Å². The average Bonchev–Trinajstić information content (AvgIpc) is 2.90. The van der Waals surface area contributed by atoms with E-state index in [1.165, 1.54) is 23.8 Å². The van der Waals surface area contributed by atoms with Crippen molar-refractivity contribution in [3.05, 3.63) is 70.8 Å². The van der Waals surface area contributed by atoms with Gasteiger partial charge in [0.1, 0.15) is 0 Å². The Morgan fingerprint density at radius 1 is 0.848 bits per heavy atom. The maximum absolute atomic E-state index is 5.81. The Labute approximate surface area is 206 Å². The summed E-state index contributed by atoms with van der Waals surface area (Å²) < 4.78 is 21.1. The van der Waals surface area contributed by atoms with Crippen LogP contribution in [0.25, 0.3) is 0 Å². The standard InChI is InChI=1S/C26H33BrN3O2P/c27-22-10-12-23(13-11-22)28-33(24-6-2-1-3-7-24,30-16-20-32-21-17-30)26-9-5-4-8-25(26)29-14-18-31-19-15-29/h1-3,6-8,10-13,26H,4-5,9,14-21H2/t26-,33+/m1/s1. The van der Waals surface area contributed by atoms with Gasteiger partial charge in [0.05, 0.1) is 45.0 Å². The molecular weight excluding hydrogens is 497 g/mol. The third kappa shape index (κ3) is 5.01. The van der Waals surface area contributed by atoms with Gasteiger partial charge in [0.15, 0.2) is 0 Å². The van der Waals surface area contributed by atoms with Gasteiger partial charge in [0.2, 0.25) is 0 Å². The monoisotopic (exact) mass is 529 g/mol. The van der Waals surface area contributed by atoms with E-state index in [1.807, 2.05) is 0 Å². The smallest absolute Gasteiger partial charge is 0.0756 e. The van der Waals surface area contributed by atoms with Gasteiger partial charge >= 0.3 is 0 Å². The number of nitrogens with zero attached hydrogens (tertiary/aromatic N) is 3. The molecular formula is C26H33BrN3O2P. The molecule has 2 heterocycles. The van der Waals surface area contributed by atoms with Gasteiger partial charge in [-0.05, 0) is 43.5 Å². The van der Waals surface area contributed by atoms with Crippen molar-refractivity contribution >= 4 is 34.1 Å². The van der Waals surface area contributed by atoms with Crippen LogP contribution in [-0.2, 0) is 9.47 Å². The first-order valence-corrected chi connectivity index (χ1v) is 14.6. The van der Waals surface area contributed by atoms with E-state index >= 15 is 0 Å². The van der Waals surface area contributed by atoms with Crippen LogP contribution in [0, 0.1) is 0 Å². The highest BCUT2D eigenvalue weighted by Gasteiger charge is 2.42. The Balaban J connectivity index is 1.72. The summed E-state index contributed by atoms with van der Waals surface area (Å²) in [5, 5.41) is 1.38. The summed E-state index contributed by atoms with van der Waals surface area (Å²) in [5.41, 5.74) is 2.94.